The van der Waals surface area contributed by atoms with Crippen LogP contribution < -0.4 is 5.32 Å². The van der Waals surface area contributed by atoms with Gasteiger partial charge in [-0.1, -0.05) is 6.07 Å². The van der Waals surface area contributed by atoms with Crippen LogP contribution in [0.3, 0.4) is 0 Å². The number of ether oxygens (including phenoxy) is 1. The highest BCUT2D eigenvalue weighted by molar-refractivity contribution is 5.69. The lowest BCUT2D eigenvalue weighted by molar-refractivity contribution is -0.142. The van der Waals surface area contributed by atoms with Crippen molar-refractivity contribution in [2.24, 2.45) is 0 Å². The number of rotatable bonds is 5. The largest absolute Gasteiger partial charge is 0.469 e. The lowest BCUT2D eigenvalue weighted by atomic mass is 10.2. The van der Waals surface area contributed by atoms with Crippen molar-refractivity contribution in [3.8, 4) is 0 Å². The first kappa shape index (κ1) is 11.5. The van der Waals surface area contributed by atoms with Gasteiger partial charge in [-0.3, -0.25) is 4.79 Å². The lowest BCUT2D eigenvalue weighted by Gasteiger charge is -2.10. The van der Waals surface area contributed by atoms with E-state index in [1.807, 2.05) is 6.07 Å². The average Bonchev–Trinajstić information content (AvgIpc) is 2.27. The molecule has 15 heavy (non-hydrogen) atoms. The Balaban J connectivity index is 2.28. The van der Waals surface area contributed by atoms with E-state index >= 15 is 0 Å². The maximum atomic E-state index is 10.8. The van der Waals surface area contributed by atoms with Gasteiger partial charge < -0.3 is 15.2 Å². The number of aromatic nitrogens is 1. The van der Waals surface area contributed by atoms with Crippen molar-refractivity contribution in [3.63, 3.8) is 0 Å². The van der Waals surface area contributed by atoms with Gasteiger partial charge >= 0.3 is 5.97 Å². The van der Waals surface area contributed by atoms with Gasteiger partial charge in [-0.05, 0) is 12.1 Å². The van der Waals surface area contributed by atoms with E-state index in [0.717, 1.165) is 0 Å². The van der Waals surface area contributed by atoms with Crippen molar-refractivity contribution in [1.29, 1.82) is 0 Å². The minimum Gasteiger partial charge on any atom is -0.469 e. The number of esters is 1. The minimum atomic E-state index is -0.764. The van der Waals surface area contributed by atoms with E-state index in [0.29, 0.717) is 5.82 Å². The quantitative estimate of drug-likeness (QED) is 0.689. The number of carbonyl (C=O) groups is 1. The average molecular weight is 210 g/mol. The molecule has 0 saturated carbocycles. The second-order valence-electron chi connectivity index (χ2n) is 3.03. The zero-order valence-electron chi connectivity index (χ0n) is 8.51. The fourth-order valence-corrected chi connectivity index (χ4v) is 1.04. The Morgan fingerprint density at radius 2 is 2.47 bits per heavy atom. The molecule has 0 aliphatic heterocycles. The van der Waals surface area contributed by atoms with Crippen LogP contribution in [-0.4, -0.2) is 35.8 Å². The molecule has 0 radical (unpaired) electrons. The van der Waals surface area contributed by atoms with Gasteiger partial charge in [-0.25, -0.2) is 4.98 Å². The van der Waals surface area contributed by atoms with Crippen molar-refractivity contribution in [2.45, 2.75) is 12.5 Å². The number of methoxy groups -OCH3 is 1. The van der Waals surface area contributed by atoms with Crippen LogP contribution in [0.2, 0.25) is 0 Å². The van der Waals surface area contributed by atoms with E-state index in [1.54, 1.807) is 18.3 Å². The van der Waals surface area contributed by atoms with Crippen LogP contribution in [0.15, 0.2) is 24.4 Å². The van der Waals surface area contributed by atoms with E-state index < -0.39 is 12.1 Å². The van der Waals surface area contributed by atoms with Crippen molar-refractivity contribution in [1.82, 2.24) is 4.98 Å². The van der Waals surface area contributed by atoms with Gasteiger partial charge in [0, 0.05) is 12.7 Å². The maximum Gasteiger partial charge on any atom is 0.308 e. The molecule has 0 spiro atoms. The topological polar surface area (TPSA) is 71.5 Å². The van der Waals surface area contributed by atoms with Crippen molar-refractivity contribution in [2.75, 3.05) is 19.0 Å². The fraction of sp³-hybridized carbons (Fsp3) is 0.400. The van der Waals surface area contributed by atoms with E-state index in [9.17, 15) is 9.90 Å². The molecule has 1 atom stereocenters. The minimum absolute atomic E-state index is 0.0175. The third kappa shape index (κ3) is 4.42. The molecule has 1 aromatic heterocycles. The van der Waals surface area contributed by atoms with Crippen LogP contribution >= 0.6 is 0 Å². The van der Waals surface area contributed by atoms with Crippen LogP contribution in [-0.2, 0) is 9.53 Å². The number of hydrogen-bond acceptors (Lipinski definition) is 5. The van der Waals surface area contributed by atoms with E-state index in [-0.39, 0.29) is 13.0 Å². The summed E-state index contributed by atoms with van der Waals surface area (Å²) >= 11 is 0. The van der Waals surface area contributed by atoms with E-state index in [2.05, 4.69) is 15.0 Å². The molecule has 1 aromatic rings. The maximum absolute atomic E-state index is 10.8. The van der Waals surface area contributed by atoms with Gasteiger partial charge in [0.25, 0.3) is 0 Å². The Morgan fingerprint density at radius 1 is 1.67 bits per heavy atom. The van der Waals surface area contributed by atoms with Crippen molar-refractivity contribution >= 4 is 11.8 Å². The monoisotopic (exact) mass is 210 g/mol. The number of pyridine rings is 1. The molecule has 5 heteroatoms. The summed E-state index contributed by atoms with van der Waals surface area (Å²) in [5.41, 5.74) is 0. The Kier molecular flexibility index (Phi) is 4.56. The Bertz CT molecular complexity index is 303. The summed E-state index contributed by atoms with van der Waals surface area (Å²) in [6.45, 7) is 0.270. The molecule has 2 N–H and O–H groups in total. The molecule has 0 aliphatic carbocycles. The predicted molar refractivity (Wildman–Crippen MR) is 55.4 cm³/mol. The van der Waals surface area contributed by atoms with Gasteiger partial charge in [0.15, 0.2) is 0 Å². The zero-order chi connectivity index (χ0) is 11.1. The van der Waals surface area contributed by atoms with Gasteiger partial charge in [0.2, 0.25) is 0 Å². The summed E-state index contributed by atoms with van der Waals surface area (Å²) in [7, 11) is 1.29. The summed E-state index contributed by atoms with van der Waals surface area (Å²) < 4.78 is 4.43. The first-order chi connectivity index (χ1) is 7.22. The van der Waals surface area contributed by atoms with E-state index in [1.165, 1.54) is 7.11 Å². The SMILES string of the molecule is COC(=O)CC(O)CNc1ccccn1. The van der Waals surface area contributed by atoms with Crippen LogP contribution in [0.4, 0.5) is 5.82 Å². The third-order valence-electron chi connectivity index (χ3n) is 1.81. The second kappa shape index (κ2) is 5.98. The number of carbonyl (C=O) groups excluding carboxylic acids is 1. The van der Waals surface area contributed by atoms with Gasteiger partial charge in [0.1, 0.15) is 5.82 Å². The molecule has 0 amide bonds. The number of hydrogen-bond donors (Lipinski definition) is 2. The zero-order valence-corrected chi connectivity index (χ0v) is 8.51. The standard InChI is InChI=1S/C10H14N2O3/c1-15-10(14)6-8(13)7-12-9-4-2-3-5-11-9/h2-5,8,13H,6-7H2,1H3,(H,11,12). The smallest absolute Gasteiger partial charge is 0.308 e. The summed E-state index contributed by atoms with van der Waals surface area (Å²) in [5.74, 6) is 0.242. The number of anilines is 1. The fourth-order valence-electron chi connectivity index (χ4n) is 1.04. The molecule has 5 nitrogen and oxygen atoms in total. The number of nitrogens with zero attached hydrogens (tertiary/aromatic N) is 1. The molecule has 82 valence electrons. The molecule has 1 unspecified atom stereocenters. The molecule has 0 aromatic carbocycles. The molecule has 0 fully saturated rings. The van der Waals surface area contributed by atoms with Crippen LogP contribution in [0.5, 0.6) is 0 Å². The molecule has 1 rings (SSSR count). The second-order valence-corrected chi connectivity index (χ2v) is 3.03. The first-order valence-corrected chi connectivity index (χ1v) is 4.62. The van der Waals surface area contributed by atoms with Gasteiger partial charge in [-0.2, -0.15) is 0 Å². The molecular formula is C10H14N2O3. The normalized spacial score (nSPS) is 11.9. The number of aliphatic hydroxyl groups is 1. The van der Waals surface area contributed by atoms with Crippen LogP contribution in [0.1, 0.15) is 6.42 Å². The van der Waals surface area contributed by atoms with Gasteiger partial charge in [0.05, 0.1) is 19.6 Å². The third-order valence-corrected chi connectivity index (χ3v) is 1.81. The lowest BCUT2D eigenvalue weighted by Crippen LogP contribution is -2.23. The van der Waals surface area contributed by atoms with Gasteiger partial charge in [-0.15, -0.1) is 0 Å². The van der Waals surface area contributed by atoms with Crippen molar-refractivity contribution < 1.29 is 14.6 Å². The summed E-state index contributed by atoms with van der Waals surface area (Å²) in [6.07, 6.45) is 0.866. The van der Waals surface area contributed by atoms with E-state index in [4.69, 9.17) is 0 Å². The molecule has 0 aliphatic rings. The summed E-state index contributed by atoms with van der Waals surface area (Å²) in [6, 6.07) is 5.42. The van der Waals surface area contributed by atoms with Crippen molar-refractivity contribution in [3.05, 3.63) is 24.4 Å². The Hall–Kier alpha value is -1.62. The summed E-state index contributed by atoms with van der Waals surface area (Å²) in [5, 5.41) is 12.3. The summed E-state index contributed by atoms with van der Waals surface area (Å²) in [4.78, 5) is 14.8. The predicted octanol–water partition coefficient (Wildman–Crippen LogP) is 0.417. The highest BCUT2D eigenvalue weighted by atomic mass is 16.5. The van der Waals surface area contributed by atoms with Crippen LogP contribution in [0.25, 0.3) is 0 Å². The highest BCUT2D eigenvalue weighted by Gasteiger charge is 2.10. The molecule has 0 saturated heterocycles. The Labute approximate surface area is 88.1 Å². The number of aliphatic hydroxyl groups excluding tert-OH is 1. The molecule has 1 heterocycles. The molecular weight excluding hydrogens is 196 g/mol. The first-order valence-electron chi connectivity index (χ1n) is 4.62. The number of nitrogens with one attached hydrogen (secondary N) is 1. The Morgan fingerprint density at radius 3 is 3.07 bits per heavy atom. The molecule has 0 bridgehead atoms. The van der Waals surface area contributed by atoms with Crippen LogP contribution in [0, 0.1) is 0 Å². The highest BCUT2D eigenvalue weighted by Crippen LogP contribution is 2.01.